The normalized spacial score (nSPS) is 19.3. The van der Waals surface area contributed by atoms with Crippen molar-refractivity contribution in [3.05, 3.63) is 35.8 Å². The second kappa shape index (κ2) is 6.62. The van der Waals surface area contributed by atoms with E-state index in [4.69, 9.17) is 10.7 Å². The zero-order valence-electron chi connectivity index (χ0n) is 14.6. The Morgan fingerprint density at radius 2 is 2.08 bits per heavy atom. The molecule has 8 heteroatoms. The molecule has 0 saturated carbocycles. The van der Waals surface area contributed by atoms with Crippen LogP contribution in [-0.4, -0.2) is 37.7 Å². The molecular weight excluding hydrogens is 348 g/mol. The van der Waals surface area contributed by atoms with E-state index in [0.29, 0.717) is 5.82 Å². The Labute approximate surface area is 155 Å². The second-order valence-electron chi connectivity index (χ2n) is 6.47. The minimum atomic E-state index is 0.0948. The van der Waals surface area contributed by atoms with Gasteiger partial charge in [-0.2, -0.15) is 4.98 Å². The number of nitrogen functional groups attached to an aromatic ring is 1. The van der Waals surface area contributed by atoms with E-state index in [-0.39, 0.29) is 24.5 Å². The average molecular weight is 368 g/mol. The molecule has 3 aromatic heterocycles. The number of thiazole rings is 1. The molecule has 26 heavy (non-hydrogen) atoms. The molecule has 134 valence electrons. The Kier molecular flexibility index (Phi) is 4.29. The first-order valence-corrected chi connectivity index (χ1v) is 9.29. The molecule has 0 fully saturated rings. The van der Waals surface area contributed by atoms with Crippen molar-refractivity contribution in [3.8, 4) is 10.6 Å². The summed E-state index contributed by atoms with van der Waals surface area (Å²) in [6, 6.07) is 2.06. The van der Waals surface area contributed by atoms with Gasteiger partial charge in [0.05, 0.1) is 21.7 Å². The number of rotatable bonds is 4. The van der Waals surface area contributed by atoms with Crippen molar-refractivity contribution < 1.29 is 5.11 Å². The van der Waals surface area contributed by atoms with Gasteiger partial charge >= 0.3 is 0 Å². The van der Waals surface area contributed by atoms with Crippen molar-refractivity contribution in [2.75, 3.05) is 17.7 Å². The lowest BCUT2D eigenvalue weighted by molar-refractivity contribution is 0.250. The maximum atomic E-state index is 9.34. The maximum absolute atomic E-state index is 9.34. The summed E-state index contributed by atoms with van der Waals surface area (Å²) in [5.41, 5.74) is 9.33. The Balaban J connectivity index is 1.77. The minimum absolute atomic E-state index is 0.0948. The molecule has 3 heterocycles. The van der Waals surface area contributed by atoms with Crippen LogP contribution < -0.4 is 11.1 Å². The second-order valence-corrected chi connectivity index (χ2v) is 7.50. The third-order valence-corrected chi connectivity index (χ3v) is 5.58. The molecule has 0 spiro atoms. The number of nitrogens with zero attached hydrogens (tertiary/aromatic N) is 4. The summed E-state index contributed by atoms with van der Waals surface area (Å²) in [4.78, 5) is 17.9. The number of hydrogen-bond donors (Lipinski definition) is 3. The van der Waals surface area contributed by atoms with Crippen LogP contribution in [0.5, 0.6) is 0 Å². The highest BCUT2D eigenvalue weighted by atomic mass is 32.1. The van der Waals surface area contributed by atoms with Gasteiger partial charge in [-0.05, 0) is 26.3 Å². The van der Waals surface area contributed by atoms with Gasteiger partial charge in [-0.25, -0.2) is 9.97 Å². The number of nitrogens with two attached hydrogens (primary N) is 1. The highest BCUT2D eigenvalue weighted by molar-refractivity contribution is 7.21. The van der Waals surface area contributed by atoms with E-state index in [9.17, 15) is 5.11 Å². The fraction of sp³-hybridized carbons (Fsp3) is 0.333. The molecule has 2 atom stereocenters. The van der Waals surface area contributed by atoms with Crippen molar-refractivity contribution in [2.24, 2.45) is 5.92 Å². The van der Waals surface area contributed by atoms with Crippen LogP contribution in [0.2, 0.25) is 0 Å². The Morgan fingerprint density at radius 1 is 1.23 bits per heavy atom. The molecule has 0 aromatic carbocycles. The molecule has 0 radical (unpaired) electrons. The van der Waals surface area contributed by atoms with Gasteiger partial charge in [0.1, 0.15) is 16.3 Å². The van der Waals surface area contributed by atoms with E-state index in [1.165, 1.54) is 0 Å². The van der Waals surface area contributed by atoms with E-state index < -0.39 is 0 Å². The number of aliphatic hydroxyl groups excluding tert-OH is 1. The zero-order valence-corrected chi connectivity index (χ0v) is 15.4. The number of hydrogen-bond acceptors (Lipinski definition) is 8. The Hall–Kier alpha value is -2.58. The van der Waals surface area contributed by atoms with E-state index in [0.717, 1.165) is 38.6 Å². The van der Waals surface area contributed by atoms with Gasteiger partial charge < -0.3 is 16.2 Å². The third-order valence-electron chi connectivity index (χ3n) is 4.54. The maximum Gasteiger partial charge on any atom is 0.222 e. The summed E-state index contributed by atoms with van der Waals surface area (Å²) in [6.45, 7) is 4.02. The van der Waals surface area contributed by atoms with Crippen LogP contribution >= 0.6 is 11.3 Å². The van der Waals surface area contributed by atoms with Gasteiger partial charge in [-0.3, -0.25) is 4.98 Å². The van der Waals surface area contributed by atoms with Crippen molar-refractivity contribution in [3.63, 3.8) is 0 Å². The molecule has 0 amide bonds. The van der Waals surface area contributed by atoms with Crippen LogP contribution in [0.15, 0.2) is 24.4 Å². The molecule has 0 unspecified atom stereocenters. The minimum Gasteiger partial charge on any atom is -0.396 e. The molecule has 4 rings (SSSR count). The lowest BCUT2D eigenvalue weighted by atomic mass is 10.1. The van der Waals surface area contributed by atoms with Crippen molar-refractivity contribution in [1.82, 2.24) is 19.9 Å². The van der Waals surface area contributed by atoms with Gasteiger partial charge in [0.15, 0.2) is 0 Å². The first kappa shape index (κ1) is 16.9. The molecule has 4 N–H and O–H groups in total. The number of aromatic nitrogens is 4. The number of aliphatic hydroxyl groups is 1. The van der Waals surface area contributed by atoms with Gasteiger partial charge in [0.2, 0.25) is 5.95 Å². The number of aryl methyl sites for hydroxylation is 2. The average Bonchev–Trinajstić information content (AvgIpc) is 3.21. The van der Waals surface area contributed by atoms with E-state index in [2.05, 4.69) is 26.3 Å². The summed E-state index contributed by atoms with van der Waals surface area (Å²) >= 11 is 1.59. The predicted octanol–water partition coefficient (Wildman–Crippen LogP) is 2.70. The number of fused-ring (bicyclic) bond motifs is 1. The van der Waals surface area contributed by atoms with E-state index >= 15 is 0 Å². The van der Waals surface area contributed by atoms with E-state index in [1.807, 2.05) is 26.0 Å². The summed E-state index contributed by atoms with van der Waals surface area (Å²) in [5.74, 6) is 1.08. The molecule has 0 aliphatic heterocycles. The quantitative estimate of drug-likeness (QED) is 0.607. The van der Waals surface area contributed by atoms with Gasteiger partial charge in [-0.1, -0.05) is 12.2 Å². The van der Waals surface area contributed by atoms with Gasteiger partial charge in [-0.15, -0.1) is 11.3 Å². The first-order chi connectivity index (χ1) is 12.5. The monoisotopic (exact) mass is 368 g/mol. The highest BCUT2D eigenvalue weighted by Gasteiger charge is 2.23. The van der Waals surface area contributed by atoms with Crippen LogP contribution in [0, 0.1) is 19.8 Å². The van der Waals surface area contributed by atoms with Crippen molar-refractivity contribution in [1.29, 1.82) is 0 Å². The number of nitrogens with one attached hydrogen (secondary N) is 1. The van der Waals surface area contributed by atoms with Crippen LogP contribution in [0.25, 0.3) is 20.8 Å². The van der Waals surface area contributed by atoms with Crippen molar-refractivity contribution in [2.45, 2.75) is 26.3 Å². The highest BCUT2D eigenvalue weighted by Crippen LogP contribution is 2.37. The van der Waals surface area contributed by atoms with Crippen molar-refractivity contribution >= 4 is 33.3 Å². The van der Waals surface area contributed by atoms with Gasteiger partial charge in [0, 0.05) is 24.8 Å². The fourth-order valence-corrected chi connectivity index (χ4v) is 4.35. The van der Waals surface area contributed by atoms with Crippen LogP contribution in [-0.2, 0) is 0 Å². The lowest BCUT2D eigenvalue weighted by Gasteiger charge is -2.17. The summed E-state index contributed by atoms with van der Waals surface area (Å²) < 4.78 is 1.08. The molecule has 3 aromatic rings. The smallest absolute Gasteiger partial charge is 0.222 e. The number of pyridine rings is 1. The molecule has 0 saturated heterocycles. The lowest BCUT2D eigenvalue weighted by Crippen LogP contribution is -2.19. The topological polar surface area (TPSA) is 110 Å². The summed E-state index contributed by atoms with van der Waals surface area (Å²) in [5, 5.41) is 13.6. The van der Waals surface area contributed by atoms with Gasteiger partial charge in [0.25, 0.3) is 0 Å². The molecule has 0 bridgehead atoms. The summed E-state index contributed by atoms with van der Waals surface area (Å²) in [6.07, 6.45) is 6.71. The first-order valence-electron chi connectivity index (χ1n) is 8.47. The van der Waals surface area contributed by atoms with E-state index in [1.54, 1.807) is 17.5 Å². The largest absolute Gasteiger partial charge is 0.396 e. The third kappa shape index (κ3) is 3.02. The SMILES string of the molecule is Cc1nc(N)nc(N[C@H]2C=C[C@@H](CO)C2)c1-c1nc2c(C)nccc2s1. The fourth-order valence-electron chi connectivity index (χ4n) is 3.24. The Morgan fingerprint density at radius 3 is 2.81 bits per heavy atom. The van der Waals surface area contributed by atoms with Crippen LogP contribution in [0.1, 0.15) is 17.8 Å². The van der Waals surface area contributed by atoms with Crippen LogP contribution in [0.3, 0.4) is 0 Å². The zero-order chi connectivity index (χ0) is 18.3. The molecular formula is C18H20N6OS. The molecule has 7 nitrogen and oxygen atoms in total. The Bertz CT molecular complexity index is 999. The standard InChI is InChI=1S/C18H20N6OS/c1-9-14(17-23-15-10(2)20-6-5-13(15)26-17)16(24-18(19)21-9)22-12-4-3-11(7-12)8-25/h3-6,11-12,25H,7-8H2,1-2H3,(H3,19,21,22,24)/t11-,12+/m1/s1. The van der Waals surface area contributed by atoms with Crippen LogP contribution in [0.4, 0.5) is 11.8 Å². The number of anilines is 2. The summed E-state index contributed by atoms with van der Waals surface area (Å²) in [7, 11) is 0. The predicted molar refractivity (Wildman–Crippen MR) is 104 cm³/mol. The molecule has 1 aliphatic carbocycles. The molecule has 1 aliphatic rings.